The van der Waals surface area contributed by atoms with Gasteiger partial charge in [0, 0.05) is 6.42 Å². The molecule has 5 N–H and O–H groups in total. The zero-order valence-corrected chi connectivity index (χ0v) is 16.7. The summed E-state index contributed by atoms with van der Waals surface area (Å²) in [5.41, 5.74) is 4.21. The first-order chi connectivity index (χ1) is 13.6. The van der Waals surface area contributed by atoms with Crippen LogP contribution in [0.25, 0.3) is 0 Å². The molecule has 1 rings (SSSR count). The minimum atomic E-state index is -1.38. The summed E-state index contributed by atoms with van der Waals surface area (Å²) < 4.78 is 5.06. The van der Waals surface area contributed by atoms with Crippen molar-refractivity contribution in [3.05, 3.63) is 35.9 Å². The van der Waals surface area contributed by atoms with Gasteiger partial charge in [-0.2, -0.15) is 5.43 Å². The van der Waals surface area contributed by atoms with Crippen LogP contribution in [0.2, 0.25) is 0 Å². The number of hydrogen-bond donors (Lipinski definition) is 5. The topological polar surface area (TPSA) is 145 Å². The van der Waals surface area contributed by atoms with Gasteiger partial charge in [0.25, 0.3) is 6.47 Å². The maximum absolute atomic E-state index is 12.6. The second-order valence-corrected chi connectivity index (χ2v) is 6.91. The predicted octanol–water partition coefficient (Wildman–Crippen LogP) is 1.84. The number of carboxylic acids is 1. The van der Waals surface area contributed by atoms with Gasteiger partial charge in [0.15, 0.2) is 17.2 Å². The van der Waals surface area contributed by atoms with Gasteiger partial charge in [0.05, 0.1) is 11.8 Å². The molecule has 29 heavy (non-hydrogen) atoms. The van der Waals surface area contributed by atoms with Crippen molar-refractivity contribution in [2.45, 2.75) is 45.8 Å². The number of hydrogen-bond acceptors (Lipinski definition) is 7. The first-order valence-corrected chi connectivity index (χ1v) is 9.20. The molecule has 0 bridgehead atoms. The summed E-state index contributed by atoms with van der Waals surface area (Å²) in [5.74, 6) is -4.04. The molecule has 0 saturated carbocycles. The molecule has 0 radical (unpaired) electrons. The number of ether oxygens (including phenoxy) is 1. The summed E-state index contributed by atoms with van der Waals surface area (Å²) in [6, 6.07) is 4.11. The Kier molecular flexibility index (Phi) is 9.14. The Morgan fingerprint density at radius 3 is 2.48 bits per heavy atom. The van der Waals surface area contributed by atoms with Gasteiger partial charge in [-0.25, -0.2) is 0 Å². The average molecular weight is 408 g/mol. The van der Waals surface area contributed by atoms with E-state index < -0.39 is 29.4 Å². The van der Waals surface area contributed by atoms with Crippen molar-refractivity contribution in [2.24, 2.45) is 11.8 Å². The van der Waals surface area contributed by atoms with Crippen LogP contribution in [-0.2, 0) is 25.5 Å². The number of hydrazine groups is 1. The molecule has 9 nitrogen and oxygen atoms in total. The fraction of sp³-hybridized carbons (Fsp3) is 0.450. The Bertz CT molecular complexity index is 750. The maximum Gasteiger partial charge on any atom is 0.307 e. The van der Waals surface area contributed by atoms with E-state index in [1.54, 1.807) is 6.08 Å². The Morgan fingerprint density at radius 1 is 1.24 bits per heavy atom. The van der Waals surface area contributed by atoms with Gasteiger partial charge >= 0.3 is 5.97 Å². The van der Waals surface area contributed by atoms with E-state index in [1.807, 2.05) is 13.0 Å². The van der Waals surface area contributed by atoms with Crippen LogP contribution in [0.3, 0.4) is 0 Å². The second-order valence-electron chi connectivity index (χ2n) is 6.91. The fourth-order valence-corrected chi connectivity index (χ4v) is 2.70. The number of nitrogens with one attached hydrogen (secondary N) is 2. The number of amides is 1. The highest BCUT2D eigenvalue weighted by Crippen LogP contribution is 2.27. The molecule has 0 fully saturated rings. The standard InChI is InChI=1S/C20H28N2O7/c1-4-5-6-7-15(13(2)19(27)28)18(26)21-22-20(3,29-12-23)11-14-8-9-16(24)17(25)10-14/h5-6,8-10,12-13,15,22,24-25H,4,7,11H2,1-3H3,(H,21,26)(H,27,28)/b6-5+/t13?,15-,20?/m0/s1. The number of phenolic OH excluding ortho intramolecular Hbond substituents is 2. The van der Waals surface area contributed by atoms with Gasteiger partial charge in [-0.3, -0.25) is 19.8 Å². The molecule has 1 amide bonds. The minimum absolute atomic E-state index is 0.0503. The van der Waals surface area contributed by atoms with Crippen molar-refractivity contribution in [1.29, 1.82) is 0 Å². The molecule has 3 atom stereocenters. The smallest absolute Gasteiger partial charge is 0.307 e. The molecular formula is C20H28N2O7. The number of carboxylic acid groups (broad SMARTS) is 1. The Balaban J connectivity index is 2.91. The van der Waals surface area contributed by atoms with Crippen LogP contribution < -0.4 is 10.9 Å². The number of aliphatic carboxylic acids is 1. The fourth-order valence-electron chi connectivity index (χ4n) is 2.70. The van der Waals surface area contributed by atoms with Gasteiger partial charge in [-0.15, -0.1) is 0 Å². The lowest BCUT2D eigenvalue weighted by Crippen LogP contribution is -2.57. The Labute approximate surface area is 169 Å². The number of phenols is 2. The first kappa shape index (κ1) is 24.0. The van der Waals surface area contributed by atoms with Gasteiger partial charge in [0.2, 0.25) is 5.91 Å². The monoisotopic (exact) mass is 408 g/mol. The number of benzene rings is 1. The highest BCUT2D eigenvalue weighted by molar-refractivity contribution is 5.84. The second kappa shape index (κ2) is 11.1. The van der Waals surface area contributed by atoms with E-state index in [2.05, 4.69) is 10.9 Å². The summed E-state index contributed by atoms with van der Waals surface area (Å²) in [7, 11) is 0. The number of allylic oxidation sites excluding steroid dienone is 2. The van der Waals surface area contributed by atoms with E-state index in [0.717, 1.165) is 6.42 Å². The van der Waals surface area contributed by atoms with E-state index in [1.165, 1.54) is 32.0 Å². The largest absolute Gasteiger partial charge is 0.504 e. The molecule has 160 valence electrons. The highest BCUT2D eigenvalue weighted by Gasteiger charge is 2.32. The summed E-state index contributed by atoms with van der Waals surface area (Å²) in [6.45, 7) is 5.09. The Hall–Kier alpha value is -3.07. The molecule has 0 aliphatic heterocycles. The molecule has 1 aromatic carbocycles. The molecule has 9 heteroatoms. The molecule has 1 aromatic rings. The van der Waals surface area contributed by atoms with Crippen LogP contribution >= 0.6 is 0 Å². The number of carbonyl (C=O) groups excluding carboxylic acids is 2. The molecule has 0 aliphatic carbocycles. The summed E-state index contributed by atoms with van der Waals surface area (Å²) in [4.78, 5) is 34.9. The lowest BCUT2D eigenvalue weighted by Gasteiger charge is -2.30. The zero-order valence-electron chi connectivity index (χ0n) is 16.7. The van der Waals surface area contributed by atoms with Crippen molar-refractivity contribution >= 4 is 18.3 Å². The zero-order chi connectivity index (χ0) is 22.0. The predicted molar refractivity (Wildman–Crippen MR) is 105 cm³/mol. The van der Waals surface area contributed by atoms with Crippen LogP contribution in [0.1, 0.15) is 39.2 Å². The number of carbonyl (C=O) groups is 3. The van der Waals surface area contributed by atoms with Crippen molar-refractivity contribution in [2.75, 3.05) is 0 Å². The van der Waals surface area contributed by atoms with Gasteiger partial charge in [-0.1, -0.05) is 32.1 Å². The summed E-state index contributed by atoms with van der Waals surface area (Å²) in [6.07, 6.45) is 4.66. The van der Waals surface area contributed by atoms with E-state index in [9.17, 15) is 29.7 Å². The lowest BCUT2D eigenvalue weighted by atomic mass is 9.90. The maximum atomic E-state index is 12.6. The minimum Gasteiger partial charge on any atom is -0.504 e. The van der Waals surface area contributed by atoms with Crippen LogP contribution in [0.5, 0.6) is 11.5 Å². The third-order valence-corrected chi connectivity index (χ3v) is 4.46. The SMILES string of the molecule is CC/C=C/C[C@H](C(=O)NNC(C)(Cc1ccc(O)c(O)c1)OC=O)C(C)C(=O)O. The van der Waals surface area contributed by atoms with Gasteiger partial charge in [-0.05, 0) is 37.5 Å². The van der Waals surface area contributed by atoms with E-state index >= 15 is 0 Å². The van der Waals surface area contributed by atoms with Crippen LogP contribution in [0.15, 0.2) is 30.4 Å². The van der Waals surface area contributed by atoms with E-state index in [0.29, 0.717) is 5.56 Å². The van der Waals surface area contributed by atoms with E-state index in [-0.39, 0.29) is 30.8 Å². The number of aromatic hydroxyl groups is 2. The van der Waals surface area contributed by atoms with Crippen LogP contribution in [0, 0.1) is 11.8 Å². The van der Waals surface area contributed by atoms with Gasteiger partial charge < -0.3 is 20.1 Å². The average Bonchev–Trinajstić information content (AvgIpc) is 2.66. The number of rotatable bonds is 12. The lowest BCUT2D eigenvalue weighted by molar-refractivity contribution is -0.151. The van der Waals surface area contributed by atoms with Gasteiger partial charge in [0.1, 0.15) is 0 Å². The third kappa shape index (κ3) is 7.46. The molecule has 0 aliphatic rings. The van der Waals surface area contributed by atoms with Crippen LogP contribution in [-0.4, -0.2) is 39.4 Å². The molecule has 0 spiro atoms. The normalized spacial score (nSPS) is 15.3. The summed E-state index contributed by atoms with van der Waals surface area (Å²) >= 11 is 0. The van der Waals surface area contributed by atoms with Crippen molar-refractivity contribution in [3.8, 4) is 11.5 Å². The Morgan fingerprint density at radius 2 is 1.93 bits per heavy atom. The van der Waals surface area contributed by atoms with Crippen molar-refractivity contribution < 1.29 is 34.4 Å². The molecule has 0 aromatic heterocycles. The quantitative estimate of drug-likeness (QED) is 0.116. The first-order valence-electron chi connectivity index (χ1n) is 9.20. The van der Waals surface area contributed by atoms with Crippen molar-refractivity contribution in [1.82, 2.24) is 10.9 Å². The molecular weight excluding hydrogens is 380 g/mol. The highest BCUT2D eigenvalue weighted by atomic mass is 16.6. The molecule has 0 saturated heterocycles. The summed E-state index contributed by atoms with van der Waals surface area (Å²) in [5, 5.41) is 28.3. The third-order valence-electron chi connectivity index (χ3n) is 4.46. The van der Waals surface area contributed by atoms with Crippen molar-refractivity contribution in [3.63, 3.8) is 0 Å². The van der Waals surface area contributed by atoms with E-state index in [4.69, 9.17) is 4.74 Å². The van der Waals surface area contributed by atoms with Crippen LogP contribution in [0.4, 0.5) is 0 Å². The molecule has 2 unspecified atom stereocenters. The molecule has 0 heterocycles.